The maximum atomic E-state index is 11.8. The van der Waals surface area contributed by atoms with Gasteiger partial charge < -0.3 is 13.9 Å². The summed E-state index contributed by atoms with van der Waals surface area (Å²) in [7, 11) is 1.52. The number of ether oxygens (including phenoxy) is 2. The van der Waals surface area contributed by atoms with E-state index in [0.717, 1.165) is 0 Å². The number of esters is 1. The van der Waals surface area contributed by atoms with Crippen molar-refractivity contribution in [1.29, 1.82) is 0 Å². The van der Waals surface area contributed by atoms with E-state index >= 15 is 0 Å². The Labute approximate surface area is 125 Å². The van der Waals surface area contributed by atoms with E-state index in [9.17, 15) is 4.79 Å². The summed E-state index contributed by atoms with van der Waals surface area (Å²) in [6, 6.07) is 8.43. The van der Waals surface area contributed by atoms with Crippen LogP contribution in [-0.4, -0.2) is 19.0 Å². The second-order valence-corrected chi connectivity index (χ2v) is 4.63. The molecule has 0 saturated heterocycles. The number of hydrogen-bond donors (Lipinski definition) is 0. The zero-order chi connectivity index (χ0) is 14.8. The summed E-state index contributed by atoms with van der Waals surface area (Å²) in [6.07, 6.45) is 3.02. The van der Waals surface area contributed by atoms with Gasteiger partial charge in [0.15, 0.2) is 5.70 Å². The number of nitrogens with zero attached hydrogens (tertiary/aromatic N) is 1. The van der Waals surface area contributed by atoms with E-state index in [1.165, 1.54) is 19.4 Å². The lowest BCUT2D eigenvalue weighted by Gasteiger charge is -2.07. The number of carbonyl (C=O) groups excluding carboxylic acids is 1. The molecule has 0 aliphatic carbocycles. The highest BCUT2D eigenvalue weighted by Gasteiger charge is 2.26. The number of aliphatic imine (C=N–C) groups is 1. The van der Waals surface area contributed by atoms with Gasteiger partial charge in [-0.05, 0) is 30.3 Å². The average Bonchev–Trinajstić information content (AvgIpc) is 3.10. The minimum absolute atomic E-state index is 0.150. The van der Waals surface area contributed by atoms with E-state index in [0.29, 0.717) is 22.1 Å². The third-order valence-corrected chi connectivity index (χ3v) is 3.07. The predicted molar refractivity (Wildman–Crippen MR) is 77.3 cm³/mol. The maximum absolute atomic E-state index is 11.8. The van der Waals surface area contributed by atoms with Gasteiger partial charge in [-0.25, -0.2) is 9.79 Å². The van der Waals surface area contributed by atoms with Crippen LogP contribution < -0.4 is 4.74 Å². The molecule has 2 heterocycles. The average molecular weight is 304 g/mol. The molecule has 0 amide bonds. The zero-order valence-electron chi connectivity index (χ0n) is 11.0. The highest BCUT2D eigenvalue weighted by Crippen LogP contribution is 2.27. The molecule has 0 spiro atoms. The number of rotatable bonds is 3. The zero-order valence-corrected chi connectivity index (χ0v) is 11.8. The molecule has 1 aromatic heterocycles. The lowest BCUT2D eigenvalue weighted by molar-refractivity contribution is -0.129. The number of halogens is 1. The molecule has 1 aromatic carbocycles. The fourth-order valence-corrected chi connectivity index (χ4v) is 2.05. The highest BCUT2D eigenvalue weighted by atomic mass is 35.5. The van der Waals surface area contributed by atoms with Crippen molar-refractivity contribution < 1.29 is 18.7 Å². The second-order valence-electron chi connectivity index (χ2n) is 4.20. The van der Waals surface area contributed by atoms with E-state index in [-0.39, 0.29) is 11.6 Å². The lowest BCUT2D eigenvalue weighted by atomic mass is 10.2. The van der Waals surface area contributed by atoms with Crippen molar-refractivity contribution in [2.75, 3.05) is 7.11 Å². The monoisotopic (exact) mass is 303 g/mol. The van der Waals surface area contributed by atoms with Gasteiger partial charge in [-0.1, -0.05) is 11.6 Å². The van der Waals surface area contributed by atoms with E-state index in [1.807, 2.05) is 0 Å². The van der Waals surface area contributed by atoms with Crippen molar-refractivity contribution in [1.82, 2.24) is 0 Å². The molecule has 0 atom stereocenters. The maximum Gasteiger partial charge on any atom is 0.363 e. The second kappa shape index (κ2) is 5.46. The Balaban J connectivity index is 2.01. The normalized spacial score (nSPS) is 16.0. The minimum atomic E-state index is -0.552. The van der Waals surface area contributed by atoms with Gasteiger partial charge >= 0.3 is 5.97 Å². The summed E-state index contributed by atoms with van der Waals surface area (Å²) in [5.41, 5.74) is 0.670. The van der Waals surface area contributed by atoms with E-state index < -0.39 is 5.97 Å². The van der Waals surface area contributed by atoms with Crippen LogP contribution >= 0.6 is 11.6 Å². The van der Waals surface area contributed by atoms with Crippen LogP contribution in [0.4, 0.5) is 0 Å². The van der Waals surface area contributed by atoms with E-state index in [2.05, 4.69) is 4.99 Å². The van der Waals surface area contributed by atoms with Crippen molar-refractivity contribution in [3.05, 3.63) is 58.6 Å². The third kappa shape index (κ3) is 2.68. The smallest absolute Gasteiger partial charge is 0.363 e. The van der Waals surface area contributed by atoms with Crippen LogP contribution in [0.1, 0.15) is 11.3 Å². The fraction of sp³-hybridized carbons (Fsp3) is 0.0667. The molecule has 5 nitrogen and oxygen atoms in total. The molecule has 2 aromatic rings. The first-order valence-corrected chi connectivity index (χ1v) is 6.45. The van der Waals surface area contributed by atoms with E-state index in [4.69, 9.17) is 25.5 Å². The van der Waals surface area contributed by atoms with Crippen molar-refractivity contribution in [2.45, 2.75) is 0 Å². The Kier molecular flexibility index (Phi) is 3.50. The van der Waals surface area contributed by atoms with E-state index in [1.54, 1.807) is 30.3 Å². The molecule has 6 heteroatoms. The molecule has 3 rings (SSSR count). The van der Waals surface area contributed by atoms with Crippen LogP contribution in [0.25, 0.3) is 6.08 Å². The van der Waals surface area contributed by atoms with Crippen LogP contribution in [0.3, 0.4) is 0 Å². The van der Waals surface area contributed by atoms with Gasteiger partial charge in [-0.3, -0.25) is 0 Å². The molecule has 0 fully saturated rings. The molecule has 1 aliphatic rings. The molecule has 21 heavy (non-hydrogen) atoms. The number of hydrogen-bond acceptors (Lipinski definition) is 5. The Hall–Kier alpha value is -2.53. The lowest BCUT2D eigenvalue weighted by Crippen LogP contribution is -2.07. The summed E-state index contributed by atoms with van der Waals surface area (Å²) >= 11 is 5.96. The number of methoxy groups -OCH3 is 1. The van der Waals surface area contributed by atoms with Crippen LogP contribution in [0, 0.1) is 0 Å². The van der Waals surface area contributed by atoms with Gasteiger partial charge in [0.1, 0.15) is 11.5 Å². The third-order valence-electron chi connectivity index (χ3n) is 2.83. The Morgan fingerprint density at radius 2 is 2.19 bits per heavy atom. The number of carbonyl (C=O) groups is 1. The summed E-state index contributed by atoms with van der Waals surface area (Å²) in [5.74, 6) is 0.635. The van der Waals surface area contributed by atoms with Crippen LogP contribution in [-0.2, 0) is 9.53 Å². The Morgan fingerprint density at radius 3 is 2.90 bits per heavy atom. The number of cyclic esters (lactones) is 1. The van der Waals surface area contributed by atoms with Gasteiger partial charge in [0.25, 0.3) is 0 Å². The Bertz CT molecular complexity index is 747. The van der Waals surface area contributed by atoms with Gasteiger partial charge in [0.05, 0.1) is 18.9 Å². The van der Waals surface area contributed by atoms with Crippen molar-refractivity contribution in [2.24, 2.45) is 4.99 Å². The van der Waals surface area contributed by atoms with Gasteiger partial charge in [-0.15, -0.1) is 0 Å². The van der Waals surface area contributed by atoms with Gasteiger partial charge in [-0.2, -0.15) is 0 Å². The molecule has 0 radical (unpaired) electrons. The largest absolute Gasteiger partial charge is 0.496 e. The molecule has 1 aliphatic heterocycles. The van der Waals surface area contributed by atoms with Gasteiger partial charge in [0, 0.05) is 11.1 Å². The molecular weight excluding hydrogens is 294 g/mol. The Morgan fingerprint density at radius 1 is 1.33 bits per heavy atom. The first-order chi connectivity index (χ1) is 10.2. The molecule has 0 unspecified atom stereocenters. The quantitative estimate of drug-likeness (QED) is 0.645. The van der Waals surface area contributed by atoms with Crippen LogP contribution in [0.15, 0.2) is 51.7 Å². The molecule has 0 bridgehead atoms. The van der Waals surface area contributed by atoms with Crippen molar-refractivity contribution in [3.63, 3.8) is 0 Å². The summed E-state index contributed by atoms with van der Waals surface area (Å²) in [5, 5.41) is 0.494. The fourth-order valence-electron chi connectivity index (χ4n) is 1.88. The predicted octanol–water partition coefficient (Wildman–Crippen LogP) is 3.29. The highest BCUT2D eigenvalue weighted by molar-refractivity contribution is 6.31. The first kappa shape index (κ1) is 13.5. The SMILES string of the molecule is COc1ccc(Cl)cc1C1=NC(=Cc2ccco2)C(=O)O1. The standard InChI is InChI=1S/C15H10ClNO4/c1-19-13-5-4-9(16)7-11(13)14-17-12(15(18)21-14)8-10-3-2-6-20-10/h2-8H,1H3. The first-order valence-electron chi connectivity index (χ1n) is 6.07. The van der Waals surface area contributed by atoms with Crippen molar-refractivity contribution in [3.8, 4) is 5.75 Å². The summed E-state index contributed by atoms with van der Waals surface area (Å²) in [4.78, 5) is 16.0. The van der Waals surface area contributed by atoms with Crippen LogP contribution in [0.2, 0.25) is 5.02 Å². The van der Waals surface area contributed by atoms with Crippen LogP contribution in [0.5, 0.6) is 5.75 Å². The summed E-state index contributed by atoms with van der Waals surface area (Å²) in [6.45, 7) is 0. The topological polar surface area (TPSA) is 61.0 Å². The molecule has 0 saturated carbocycles. The van der Waals surface area contributed by atoms with Crippen molar-refractivity contribution >= 4 is 29.5 Å². The summed E-state index contributed by atoms with van der Waals surface area (Å²) < 4.78 is 15.5. The molecule has 106 valence electrons. The minimum Gasteiger partial charge on any atom is -0.496 e. The molecule has 0 N–H and O–H groups in total. The number of furan rings is 1. The van der Waals surface area contributed by atoms with Gasteiger partial charge in [0.2, 0.25) is 5.90 Å². The molecular formula is C15H10ClNO4. The number of benzene rings is 1.